The lowest BCUT2D eigenvalue weighted by Crippen LogP contribution is -2.28. The standard InChI is InChI=1S/C20H23FN2O3S/c1-12-8-15(10-19(13(12)2)27(25,26)23(3)4)20(24)22-18-11-17(18)14-6-5-7-16(21)9-14/h5-10,17-18H,11H2,1-4H3,(H,22,24). The number of nitrogens with zero attached hydrogens (tertiary/aromatic N) is 1. The maximum Gasteiger partial charge on any atom is 0.251 e. The van der Waals surface area contributed by atoms with Crippen molar-refractivity contribution in [3.05, 3.63) is 64.5 Å². The third-order valence-corrected chi connectivity index (χ3v) is 6.97. The van der Waals surface area contributed by atoms with Crippen molar-refractivity contribution in [2.75, 3.05) is 14.1 Å². The molecule has 7 heteroatoms. The molecule has 2 aromatic rings. The number of hydrogen-bond acceptors (Lipinski definition) is 3. The molecule has 144 valence electrons. The van der Waals surface area contributed by atoms with E-state index in [1.165, 1.54) is 32.3 Å². The van der Waals surface area contributed by atoms with E-state index < -0.39 is 10.0 Å². The van der Waals surface area contributed by atoms with Crippen LogP contribution in [-0.4, -0.2) is 38.8 Å². The molecule has 0 radical (unpaired) electrons. The topological polar surface area (TPSA) is 66.5 Å². The van der Waals surface area contributed by atoms with Gasteiger partial charge in [0.25, 0.3) is 5.91 Å². The highest BCUT2D eigenvalue weighted by Gasteiger charge is 2.40. The Morgan fingerprint density at radius 1 is 1.19 bits per heavy atom. The smallest absolute Gasteiger partial charge is 0.251 e. The van der Waals surface area contributed by atoms with Gasteiger partial charge in [0.1, 0.15) is 5.82 Å². The molecule has 0 bridgehead atoms. The summed E-state index contributed by atoms with van der Waals surface area (Å²) in [6.45, 7) is 3.52. The van der Waals surface area contributed by atoms with Crippen molar-refractivity contribution in [2.24, 2.45) is 0 Å². The summed E-state index contributed by atoms with van der Waals surface area (Å²) in [6.07, 6.45) is 0.739. The van der Waals surface area contributed by atoms with Crippen LogP contribution in [0, 0.1) is 19.7 Å². The Labute approximate surface area is 159 Å². The monoisotopic (exact) mass is 390 g/mol. The molecule has 0 heterocycles. The van der Waals surface area contributed by atoms with E-state index in [0.29, 0.717) is 11.1 Å². The Kier molecular flexibility index (Phi) is 5.10. The average molecular weight is 390 g/mol. The van der Waals surface area contributed by atoms with Crippen molar-refractivity contribution < 1.29 is 17.6 Å². The summed E-state index contributed by atoms with van der Waals surface area (Å²) in [5.41, 5.74) is 2.53. The van der Waals surface area contributed by atoms with E-state index in [9.17, 15) is 17.6 Å². The van der Waals surface area contributed by atoms with Crippen LogP contribution < -0.4 is 5.32 Å². The third-order valence-electron chi connectivity index (χ3n) is 5.02. The van der Waals surface area contributed by atoms with E-state index in [0.717, 1.165) is 21.9 Å². The van der Waals surface area contributed by atoms with Crippen molar-refractivity contribution >= 4 is 15.9 Å². The minimum atomic E-state index is -3.65. The predicted molar refractivity (Wildman–Crippen MR) is 102 cm³/mol. The van der Waals surface area contributed by atoms with E-state index in [2.05, 4.69) is 5.32 Å². The highest BCUT2D eigenvalue weighted by atomic mass is 32.2. The molecule has 2 aromatic carbocycles. The molecule has 0 saturated heterocycles. The number of amides is 1. The van der Waals surface area contributed by atoms with Crippen LogP contribution in [0.4, 0.5) is 4.39 Å². The quantitative estimate of drug-likeness (QED) is 0.854. The van der Waals surface area contributed by atoms with E-state index in [1.807, 2.05) is 6.07 Å². The minimum Gasteiger partial charge on any atom is -0.349 e. The van der Waals surface area contributed by atoms with Crippen LogP contribution >= 0.6 is 0 Å². The lowest BCUT2D eigenvalue weighted by molar-refractivity contribution is 0.0950. The maximum absolute atomic E-state index is 13.4. The van der Waals surface area contributed by atoms with E-state index in [1.54, 1.807) is 26.0 Å². The fraction of sp³-hybridized carbons (Fsp3) is 0.350. The largest absolute Gasteiger partial charge is 0.349 e. The van der Waals surface area contributed by atoms with Gasteiger partial charge in [-0.25, -0.2) is 17.1 Å². The molecule has 27 heavy (non-hydrogen) atoms. The predicted octanol–water partition coefficient (Wildman–Crippen LogP) is 2.98. The maximum atomic E-state index is 13.4. The first-order chi connectivity index (χ1) is 12.6. The zero-order valence-electron chi connectivity index (χ0n) is 15.8. The van der Waals surface area contributed by atoms with Gasteiger partial charge in [0.15, 0.2) is 0 Å². The van der Waals surface area contributed by atoms with Crippen molar-refractivity contribution in [3.8, 4) is 0 Å². The second kappa shape index (κ2) is 7.05. The van der Waals surface area contributed by atoms with Crippen LogP contribution in [0.3, 0.4) is 0 Å². The lowest BCUT2D eigenvalue weighted by Gasteiger charge is -2.16. The number of carbonyl (C=O) groups excluding carboxylic acids is 1. The number of rotatable bonds is 5. The first-order valence-electron chi connectivity index (χ1n) is 8.71. The minimum absolute atomic E-state index is 0.0742. The first kappa shape index (κ1) is 19.5. The number of carbonyl (C=O) groups is 1. The van der Waals surface area contributed by atoms with Crippen LogP contribution in [0.15, 0.2) is 41.3 Å². The Balaban J connectivity index is 1.81. The zero-order chi connectivity index (χ0) is 19.9. The summed E-state index contributed by atoms with van der Waals surface area (Å²) >= 11 is 0. The van der Waals surface area contributed by atoms with Gasteiger partial charge < -0.3 is 5.32 Å². The first-order valence-corrected chi connectivity index (χ1v) is 10.2. The second-order valence-corrected chi connectivity index (χ2v) is 9.30. The summed E-state index contributed by atoms with van der Waals surface area (Å²) < 4.78 is 39.6. The lowest BCUT2D eigenvalue weighted by atomic mass is 10.1. The molecule has 0 spiro atoms. The molecule has 2 atom stereocenters. The number of halogens is 1. The number of hydrogen-bond donors (Lipinski definition) is 1. The molecule has 0 aromatic heterocycles. The van der Waals surface area contributed by atoms with Crippen molar-refractivity contribution in [1.82, 2.24) is 9.62 Å². The van der Waals surface area contributed by atoms with Crippen molar-refractivity contribution in [1.29, 1.82) is 0 Å². The molecular weight excluding hydrogens is 367 g/mol. The highest BCUT2D eigenvalue weighted by Crippen LogP contribution is 2.41. The third kappa shape index (κ3) is 3.89. The molecule has 1 saturated carbocycles. The van der Waals surface area contributed by atoms with Gasteiger partial charge in [0, 0.05) is 31.6 Å². The molecule has 1 N–H and O–H groups in total. The van der Waals surface area contributed by atoms with Gasteiger partial charge in [-0.1, -0.05) is 12.1 Å². The Hall–Kier alpha value is -2.25. The molecule has 5 nitrogen and oxygen atoms in total. The summed E-state index contributed by atoms with van der Waals surface area (Å²) in [5.74, 6) is -0.532. The van der Waals surface area contributed by atoms with Crippen LogP contribution in [0.5, 0.6) is 0 Å². The van der Waals surface area contributed by atoms with Gasteiger partial charge in [-0.2, -0.15) is 0 Å². The second-order valence-electron chi connectivity index (χ2n) is 7.18. The molecule has 1 aliphatic rings. The molecule has 0 aliphatic heterocycles. The summed E-state index contributed by atoms with van der Waals surface area (Å²) in [4.78, 5) is 12.8. The number of benzene rings is 2. The molecule has 3 rings (SSSR count). The molecule has 1 fully saturated rings. The fourth-order valence-electron chi connectivity index (χ4n) is 3.13. The van der Waals surface area contributed by atoms with Gasteiger partial charge in [-0.05, 0) is 61.2 Å². The van der Waals surface area contributed by atoms with Gasteiger partial charge >= 0.3 is 0 Å². The Bertz CT molecular complexity index is 1000. The summed E-state index contributed by atoms with van der Waals surface area (Å²) in [7, 11) is -0.720. The number of nitrogens with one attached hydrogen (secondary N) is 1. The number of sulfonamides is 1. The molecule has 2 unspecified atom stereocenters. The normalized spacial score (nSPS) is 19.2. The average Bonchev–Trinajstić information content (AvgIpc) is 3.35. The van der Waals surface area contributed by atoms with E-state index >= 15 is 0 Å². The van der Waals surface area contributed by atoms with Crippen LogP contribution in [-0.2, 0) is 10.0 Å². The Morgan fingerprint density at radius 3 is 2.52 bits per heavy atom. The van der Waals surface area contributed by atoms with Gasteiger partial charge in [-0.15, -0.1) is 0 Å². The fourth-order valence-corrected chi connectivity index (χ4v) is 4.35. The van der Waals surface area contributed by atoms with Crippen molar-refractivity contribution in [3.63, 3.8) is 0 Å². The number of aryl methyl sites for hydroxylation is 1. The van der Waals surface area contributed by atoms with E-state index in [-0.39, 0.29) is 28.6 Å². The zero-order valence-corrected chi connectivity index (χ0v) is 16.6. The van der Waals surface area contributed by atoms with Gasteiger partial charge in [0.05, 0.1) is 4.90 Å². The van der Waals surface area contributed by atoms with Crippen LogP contribution in [0.1, 0.15) is 39.4 Å². The SMILES string of the molecule is Cc1cc(C(=O)NC2CC2c2cccc(F)c2)cc(S(=O)(=O)N(C)C)c1C. The Morgan fingerprint density at radius 2 is 1.89 bits per heavy atom. The van der Waals surface area contributed by atoms with Gasteiger partial charge in [0.2, 0.25) is 10.0 Å². The van der Waals surface area contributed by atoms with Crippen LogP contribution in [0.25, 0.3) is 0 Å². The van der Waals surface area contributed by atoms with Gasteiger partial charge in [-0.3, -0.25) is 4.79 Å². The summed E-state index contributed by atoms with van der Waals surface area (Å²) in [6, 6.07) is 9.41. The molecule has 1 amide bonds. The molecule has 1 aliphatic carbocycles. The van der Waals surface area contributed by atoms with E-state index in [4.69, 9.17) is 0 Å². The molecular formula is C20H23FN2O3S. The van der Waals surface area contributed by atoms with Crippen molar-refractivity contribution in [2.45, 2.75) is 37.1 Å². The highest BCUT2D eigenvalue weighted by molar-refractivity contribution is 7.89. The van der Waals surface area contributed by atoms with Crippen LogP contribution in [0.2, 0.25) is 0 Å². The summed E-state index contributed by atoms with van der Waals surface area (Å²) in [5, 5.41) is 2.92.